The van der Waals surface area contributed by atoms with Crippen molar-refractivity contribution >= 4 is 0 Å². The van der Waals surface area contributed by atoms with Crippen molar-refractivity contribution in [1.29, 1.82) is 0 Å². The first-order valence-corrected chi connectivity index (χ1v) is 5.47. The average Bonchev–Trinajstić information content (AvgIpc) is 2.71. The Bertz CT molecular complexity index is 305. The molecule has 98 valence electrons. The van der Waals surface area contributed by atoms with E-state index in [9.17, 15) is 5.11 Å². The number of aryl methyl sites for hydroxylation is 1. The molecule has 7 nitrogen and oxygen atoms in total. The van der Waals surface area contributed by atoms with Crippen LogP contribution >= 0.6 is 0 Å². The van der Waals surface area contributed by atoms with Gasteiger partial charge in [0, 0.05) is 13.7 Å². The van der Waals surface area contributed by atoms with Crippen LogP contribution in [0.25, 0.3) is 0 Å². The van der Waals surface area contributed by atoms with Crippen LogP contribution in [0.5, 0.6) is 0 Å². The van der Waals surface area contributed by atoms with Crippen LogP contribution in [-0.2, 0) is 16.0 Å². The van der Waals surface area contributed by atoms with Gasteiger partial charge >= 0.3 is 0 Å². The first-order chi connectivity index (χ1) is 8.22. The van der Waals surface area contributed by atoms with Gasteiger partial charge in [-0.15, -0.1) is 0 Å². The maximum Gasteiger partial charge on any atom is 0.240 e. The molecule has 1 rings (SSSR count). The molecule has 0 bridgehead atoms. The van der Waals surface area contributed by atoms with Gasteiger partial charge in [0.05, 0.1) is 32.5 Å². The Hall–Kier alpha value is -1.02. The fourth-order valence-electron chi connectivity index (χ4n) is 1.18. The lowest BCUT2D eigenvalue weighted by molar-refractivity contribution is 0.0135. The number of nitrogens with zero attached hydrogens (tertiary/aromatic N) is 2. The maximum atomic E-state index is 9.54. The Morgan fingerprint density at radius 1 is 1.47 bits per heavy atom. The SMILES string of the molecule is COCCOCC(O)CNCc1nc(C)no1. The summed E-state index contributed by atoms with van der Waals surface area (Å²) in [5.74, 6) is 1.11. The van der Waals surface area contributed by atoms with E-state index in [0.29, 0.717) is 38.0 Å². The molecule has 1 atom stereocenters. The number of aliphatic hydroxyl groups is 1. The fraction of sp³-hybridized carbons (Fsp3) is 0.800. The Morgan fingerprint density at radius 3 is 2.94 bits per heavy atom. The predicted octanol–water partition coefficient (Wildman–Crippen LogP) is -0.508. The molecule has 0 spiro atoms. The van der Waals surface area contributed by atoms with Crippen molar-refractivity contribution in [2.75, 3.05) is 33.5 Å². The zero-order valence-corrected chi connectivity index (χ0v) is 10.2. The van der Waals surface area contributed by atoms with Gasteiger partial charge in [-0.1, -0.05) is 5.16 Å². The predicted molar refractivity (Wildman–Crippen MR) is 59.4 cm³/mol. The molecule has 0 fully saturated rings. The van der Waals surface area contributed by atoms with Crippen LogP contribution in [0.1, 0.15) is 11.7 Å². The van der Waals surface area contributed by atoms with Crippen molar-refractivity contribution in [3.8, 4) is 0 Å². The second kappa shape index (κ2) is 8.13. The van der Waals surface area contributed by atoms with Crippen LogP contribution in [0.4, 0.5) is 0 Å². The van der Waals surface area contributed by atoms with Gasteiger partial charge in [0.1, 0.15) is 0 Å². The van der Waals surface area contributed by atoms with Gasteiger partial charge in [-0.25, -0.2) is 0 Å². The minimum atomic E-state index is -0.559. The molecule has 2 N–H and O–H groups in total. The highest BCUT2D eigenvalue weighted by molar-refractivity contribution is 4.81. The summed E-state index contributed by atoms with van der Waals surface area (Å²) in [7, 11) is 1.60. The lowest BCUT2D eigenvalue weighted by Gasteiger charge is -2.11. The highest BCUT2D eigenvalue weighted by Gasteiger charge is 2.06. The molecule has 0 aliphatic carbocycles. The Balaban J connectivity index is 2.02. The van der Waals surface area contributed by atoms with Crippen molar-refractivity contribution in [2.45, 2.75) is 19.6 Å². The Kier molecular flexibility index (Phi) is 6.71. The topological polar surface area (TPSA) is 89.6 Å². The number of aromatic nitrogens is 2. The number of ether oxygens (including phenoxy) is 2. The van der Waals surface area contributed by atoms with E-state index in [4.69, 9.17) is 14.0 Å². The molecule has 1 unspecified atom stereocenters. The molecule has 1 aromatic rings. The lowest BCUT2D eigenvalue weighted by atomic mass is 10.4. The summed E-state index contributed by atoms with van der Waals surface area (Å²) < 4.78 is 14.9. The molecule has 0 saturated carbocycles. The van der Waals surface area contributed by atoms with Gasteiger partial charge in [-0.2, -0.15) is 4.98 Å². The van der Waals surface area contributed by atoms with E-state index in [-0.39, 0.29) is 6.61 Å². The molecule has 0 aliphatic heterocycles. The highest BCUT2D eigenvalue weighted by atomic mass is 16.5. The summed E-state index contributed by atoms with van der Waals surface area (Å²) in [6.45, 7) is 3.90. The van der Waals surface area contributed by atoms with Crippen molar-refractivity contribution in [2.24, 2.45) is 0 Å². The summed E-state index contributed by atoms with van der Waals surface area (Å²) in [6, 6.07) is 0. The summed E-state index contributed by atoms with van der Waals surface area (Å²) in [6.07, 6.45) is -0.559. The van der Waals surface area contributed by atoms with Crippen LogP contribution in [0.3, 0.4) is 0 Å². The molecule has 7 heteroatoms. The van der Waals surface area contributed by atoms with Gasteiger partial charge < -0.3 is 24.4 Å². The number of aliphatic hydroxyl groups excluding tert-OH is 1. The van der Waals surface area contributed by atoms with Gasteiger partial charge in [-0.05, 0) is 6.92 Å². The zero-order valence-electron chi connectivity index (χ0n) is 10.2. The number of hydrogen-bond acceptors (Lipinski definition) is 7. The minimum Gasteiger partial charge on any atom is -0.389 e. The third kappa shape index (κ3) is 6.32. The van der Waals surface area contributed by atoms with Gasteiger partial charge in [-0.3, -0.25) is 0 Å². The molecule has 0 aromatic carbocycles. The van der Waals surface area contributed by atoms with E-state index in [1.165, 1.54) is 0 Å². The second-order valence-corrected chi connectivity index (χ2v) is 3.59. The van der Waals surface area contributed by atoms with Crippen molar-refractivity contribution in [1.82, 2.24) is 15.5 Å². The minimum absolute atomic E-state index is 0.277. The maximum absolute atomic E-state index is 9.54. The molecule has 1 aromatic heterocycles. The van der Waals surface area contributed by atoms with Crippen LogP contribution in [0, 0.1) is 6.92 Å². The van der Waals surface area contributed by atoms with Gasteiger partial charge in [0.2, 0.25) is 5.89 Å². The molecule has 0 radical (unpaired) electrons. The first-order valence-electron chi connectivity index (χ1n) is 5.47. The van der Waals surface area contributed by atoms with Gasteiger partial charge in [0.25, 0.3) is 0 Å². The Labute approximate surface area is 100 Å². The number of hydrogen-bond donors (Lipinski definition) is 2. The smallest absolute Gasteiger partial charge is 0.240 e. The summed E-state index contributed by atoms with van der Waals surface area (Å²) >= 11 is 0. The van der Waals surface area contributed by atoms with Crippen LogP contribution in [0.15, 0.2) is 4.52 Å². The molecule has 0 saturated heterocycles. The van der Waals surface area contributed by atoms with Gasteiger partial charge in [0.15, 0.2) is 5.82 Å². The first kappa shape index (κ1) is 14.0. The van der Waals surface area contributed by atoms with Crippen molar-refractivity contribution in [3.63, 3.8) is 0 Å². The quantitative estimate of drug-likeness (QED) is 0.566. The third-order valence-electron chi connectivity index (χ3n) is 1.97. The molecular weight excluding hydrogens is 226 g/mol. The third-order valence-corrected chi connectivity index (χ3v) is 1.97. The largest absolute Gasteiger partial charge is 0.389 e. The molecule has 0 amide bonds. The van der Waals surface area contributed by atoms with E-state index in [0.717, 1.165) is 0 Å². The molecule has 17 heavy (non-hydrogen) atoms. The number of methoxy groups -OCH3 is 1. The van der Waals surface area contributed by atoms with E-state index in [1.54, 1.807) is 14.0 Å². The molecular formula is C10H19N3O4. The molecule has 0 aliphatic rings. The van der Waals surface area contributed by atoms with E-state index >= 15 is 0 Å². The standard InChI is InChI=1S/C10H19N3O4/c1-8-12-10(17-13-8)6-11-5-9(14)7-16-4-3-15-2/h9,11,14H,3-7H2,1-2H3. The zero-order chi connectivity index (χ0) is 12.5. The number of rotatable bonds is 9. The second-order valence-electron chi connectivity index (χ2n) is 3.59. The summed E-state index contributed by atoms with van der Waals surface area (Å²) in [5.41, 5.74) is 0. The van der Waals surface area contributed by atoms with Crippen LogP contribution in [-0.4, -0.2) is 54.8 Å². The Morgan fingerprint density at radius 2 is 2.29 bits per heavy atom. The van der Waals surface area contributed by atoms with E-state index in [1.807, 2.05) is 0 Å². The lowest BCUT2D eigenvalue weighted by Crippen LogP contribution is -2.30. The average molecular weight is 245 g/mol. The summed E-state index contributed by atoms with van der Waals surface area (Å²) in [4.78, 5) is 4.02. The fourth-order valence-corrected chi connectivity index (χ4v) is 1.18. The molecule has 1 heterocycles. The summed E-state index contributed by atoms with van der Waals surface area (Å²) in [5, 5.41) is 16.2. The normalized spacial score (nSPS) is 12.9. The van der Waals surface area contributed by atoms with E-state index < -0.39 is 6.10 Å². The highest BCUT2D eigenvalue weighted by Crippen LogP contribution is 1.94. The number of nitrogens with one attached hydrogen (secondary N) is 1. The van der Waals surface area contributed by atoms with E-state index in [2.05, 4.69) is 15.5 Å². The van der Waals surface area contributed by atoms with Crippen LogP contribution in [0.2, 0.25) is 0 Å². The van der Waals surface area contributed by atoms with Crippen molar-refractivity contribution in [3.05, 3.63) is 11.7 Å². The van der Waals surface area contributed by atoms with Crippen LogP contribution < -0.4 is 5.32 Å². The van der Waals surface area contributed by atoms with Crippen molar-refractivity contribution < 1.29 is 19.1 Å². The monoisotopic (exact) mass is 245 g/mol.